The normalized spacial score (nSPS) is 10.4. The van der Waals surface area contributed by atoms with Gasteiger partial charge in [0.25, 0.3) is 0 Å². The molecule has 0 bridgehead atoms. The van der Waals surface area contributed by atoms with E-state index in [2.05, 4.69) is 20.4 Å². The third-order valence-corrected chi connectivity index (χ3v) is 3.59. The molecule has 2 rings (SSSR count). The molecule has 2 aromatic carbocycles. The summed E-state index contributed by atoms with van der Waals surface area (Å²) in [5.41, 5.74) is 2.96. The van der Waals surface area contributed by atoms with Crippen LogP contribution in [0.1, 0.15) is 30.9 Å². The van der Waals surface area contributed by atoms with E-state index in [-0.39, 0.29) is 12.7 Å². The SMILES string of the molecule is C=CCN(C(=O)OCc1ccccc1)c1ccccc1C(C)C. The molecule has 0 aliphatic rings. The number of carbonyl (C=O) groups excluding carboxylic acids is 1. The summed E-state index contributed by atoms with van der Waals surface area (Å²) >= 11 is 0. The second kappa shape index (κ2) is 8.18. The summed E-state index contributed by atoms with van der Waals surface area (Å²) in [6.07, 6.45) is 1.35. The number of benzene rings is 2. The predicted molar refractivity (Wildman–Crippen MR) is 94.7 cm³/mol. The van der Waals surface area contributed by atoms with Gasteiger partial charge in [-0.25, -0.2) is 4.79 Å². The van der Waals surface area contributed by atoms with Crippen LogP contribution < -0.4 is 4.90 Å². The second-order valence-corrected chi connectivity index (χ2v) is 5.65. The average Bonchev–Trinajstić information content (AvgIpc) is 2.58. The van der Waals surface area contributed by atoms with Crippen LogP contribution in [0.15, 0.2) is 67.3 Å². The second-order valence-electron chi connectivity index (χ2n) is 5.65. The minimum absolute atomic E-state index is 0.261. The van der Waals surface area contributed by atoms with E-state index < -0.39 is 0 Å². The molecule has 3 nitrogen and oxygen atoms in total. The zero-order valence-electron chi connectivity index (χ0n) is 13.7. The van der Waals surface area contributed by atoms with Crippen molar-refractivity contribution in [2.75, 3.05) is 11.4 Å². The Labute approximate surface area is 138 Å². The zero-order chi connectivity index (χ0) is 16.7. The van der Waals surface area contributed by atoms with Crippen molar-refractivity contribution in [2.24, 2.45) is 0 Å². The van der Waals surface area contributed by atoms with Gasteiger partial charge in [0.1, 0.15) is 6.61 Å². The molecular weight excluding hydrogens is 286 g/mol. The Morgan fingerprint density at radius 3 is 2.43 bits per heavy atom. The van der Waals surface area contributed by atoms with Crippen molar-refractivity contribution in [2.45, 2.75) is 26.4 Å². The van der Waals surface area contributed by atoms with E-state index in [1.54, 1.807) is 11.0 Å². The van der Waals surface area contributed by atoms with Crippen molar-refractivity contribution in [3.63, 3.8) is 0 Å². The van der Waals surface area contributed by atoms with E-state index in [9.17, 15) is 4.79 Å². The van der Waals surface area contributed by atoms with Crippen molar-refractivity contribution < 1.29 is 9.53 Å². The van der Waals surface area contributed by atoms with Crippen LogP contribution in [0.3, 0.4) is 0 Å². The molecule has 120 valence electrons. The lowest BCUT2D eigenvalue weighted by Gasteiger charge is -2.24. The topological polar surface area (TPSA) is 29.5 Å². The molecule has 0 N–H and O–H groups in total. The highest BCUT2D eigenvalue weighted by molar-refractivity contribution is 5.89. The zero-order valence-corrected chi connectivity index (χ0v) is 13.7. The first-order valence-corrected chi connectivity index (χ1v) is 7.81. The Balaban J connectivity index is 2.17. The van der Waals surface area contributed by atoms with Gasteiger partial charge in [-0.15, -0.1) is 6.58 Å². The van der Waals surface area contributed by atoms with Gasteiger partial charge in [0.2, 0.25) is 0 Å². The van der Waals surface area contributed by atoms with Crippen LogP contribution in [0.2, 0.25) is 0 Å². The smallest absolute Gasteiger partial charge is 0.414 e. The van der Waals surface area contributed by atoms with Crippen molar-refractivity contribution in [3.8, 4) is 0 Å². The average molecular weight is 309 g/mol. The summed E-state index contributed by atoms with van der Waals surface area (Å²) in [4.78, 5) is 14.2. The fourth-order valence-corrected chi connectivity index (χ4v) is 2.42. The van der Waals surface area contributed by atoms with Crippen LogP contribution >= 0.6 is 0 Å². The molecule has 0 aliphatic carbocycles. The first-order valence-electron chi connectivity index (χ1n) is 7.81. The summed E-state index contributed by atoms with van der Waals surface area (Å²) in [5.74, 6) is 0.320. The molecule has 23 heavy (non-hydrogen) atoms. The molecular formula is C20H23NO2. The maximum Gasteiger partial charge on any atom is 0.414 e. The van der Waals surface area contributed by atoms with Gasteiger partial charge in [-0.1, -0.05) is 68.5 Å². The number of hydrogen-bond acceptors (Lipinski definition) is 2. The lowest BCUT2D eigenvalue weighted by atomic mass is 10.0. The largest absolute Gasteiger partial charge is 0.444 e. The van der Waals surface area contributed by atoms with E-state index in [1.807, 2.05) is 54.6 Å². The number of anilines is 1. The molecule has 2 aromatic rings. The Morgan fingerprint density at radius 2 is 1.78 bits per heavy atom. The Bertz CT molecular complexity index is 650. The fraction of sp³-hybridized carbons (Fsp3) is 0.250. The number of para-hydroxylation sites is 1. The van der Waals surface area contributed by atoms with Crippen molar-refractivity contribution in [1.82, 2.24) is 0 Å². The molecule has 0 heterocycles. The molecule has 0 aliphatic heterocycles. The number of amides is 1. The van der Waals surface area contributed by atoms with E-state index >= 15 is 0 Å². The van der Waals surface area contributed by atoms with Crippen LogP contribution in [0.4, 0.5) is 10.5 Å². The summed E-state index contributed by atoms with van der Waals surface area (Å²) in [7, 11) is 0. The molecule has 0 aromatic heterocycles. The third kappa shape index (κ3) is 4.46. The minimum Gasteiger partial charge on any atom is -0.444 e. The fourth-order valence-electron chi connectivity index (χ4n) is 2.42. The summed E-state index contributed by atoms with van der Waals surface area (Å²) in [5, 5.41) is 0. The van der Waals surface area contributed by atoms with Gasteiger partial charge in [0.05, 0.1) is 5.69 Å². The Kier molecular flexibility index (Phi) is 5.98. The standard InChI is InChI=1S/C20H23NO2/c1-4-14-21(19-13-9-8-12-18(19)16(2)3)20(22)23-15-17-10-6-5-7-11-17/h4-13,16H,1,14-15H2,2-3H3. The monoisotopic (exact) mass is 309 g/mol. The maximum atomic E-state index is 12.5. The van der Waals surface area contributed by atoms with Crippen molar-refractivity contribution in [1.29, 1.82) is 0 Å². The Morgan fingerprint density at radius 1 is 1.13 bits per heavy atom. The van der Waals surface area contributed by atoms with E-state index in [1.165, 1.54) is 0 Å². The molecule has 0 radical (unpaired) electrons. The van der Waals surface area contributed by atoms with Gasteiger partial charge in [-0.3, -0.25) is 4.90 Å². The van der Waals surface area contributed by atoms with Gasteiger partial charge in [-0.05, 0) is 23.1 Å². The Hall–Kier alpha value is -2.55. The lowest BCUT2D eigenvalue weighted by molar-refractivity contribution is 0.147. The molecule has 0 saturated heterocycles. The van der Waals surface area contributed by atoms with Gasteiger partial charge in [-0.2, -0.15) is 0 Å². The highest BCUT2D eigenvalue weighted by Gasteiger charge is 2.19. The number of carbonyl (C=O) groups is 1. The minimum atomic E-state index is -0.359. The number of ether oxygens (including phenoxy) is 1. The molecule has 0 fully saturated rings. The van der Waals surface area contributed by atoms with Crippen LogP contribution in [-0.2, 0) is 11.3 Å². The maximum absolute atomic E-state index is 12.5. The van der Waals surface area contributed by atoms with Gasteiger partial charge < -0.3 is 4.74 Å². The molecule has 3 heteroatoms. The molecule has 0 spiro atoms. The summed E-state index contributed by atoms with van der Waals surface area (Å²) in [6.45, 7) is 8.65. The molecule has 0 unspecified atom stereocenters. The van der Waals surface area contributed by atoms with E-state index in [0.29, 0.717) is 12.5 Å². The van der Waals surface area contributed by atoms with Gasteiger partial charge >= 0.3 is 6.09 Å². The number of hydrogen-bond donors (Lipinski definition) is 0. The van der Waals surface area contributed by atoms with E-state index in [4.69, 9.17) is 4.74 Å². The lowest BCUT2D eigenvalue weighted by Crippen LogP contribution is -2.32. The van der Waals surface area contributed by atoms with Crippen LogP contribution in [0.25, 0.3) is 0 Å². The molecule has 0 atom stereocenters. The molecule has 0 saturated carbocycles. The van der Waals surface area contributed by atoms with Crippen LogP contribution in [0.5, 0.6) is 0 Å². The van der Waals surface area contributed by atoms with Gasteiger partial charge in [0, 0.05) is 6.54 Å². The highest BCUT2D eigenvalue weighted by Crippen LogP contribution is 2.28. The van der Waals surface area contributed by atoms with Crippen molar-refractivity contribution >= 4 is 11.8 Å². The molecule has 1 amide bonds. The number of rotatable bonds is 6. The summed E-state index contributed by atoms with van der Waals surface area (Å²) in [6, 6.07) is 17.6. The predicted octanol–water partition coefficient (Wildman–Crippen LogP) is 5.14. The van der Waals surface area contributed by atoms with Crippen molar-refractivity contribution in [3.05, 3.63) is 78.4 Å². The van der Waals surface area contributed by atoms with Crippen LogP contribution in [-0.4, -0.2) is 12.6 Å². The van der Waals surface area contributed by atoms with Crippen LogP contribution in [0, 0.1) is 0 Å². The van der Waals surface area contributed by atoms with E-state index in [0.717, 1.165) is 16.8 Å². The highest BCUT2D eigenvalue weighted by atomic mass is 16.6. The third-order valence-electron chi connectivity index (χ3n) is 3.59. The van der Waals surface area contributed by atoms with Gasteiger partial charge in [0.15, 0.2) is 0 Å². The quantitative estimate of drug-likeness (QED) is 0.691. The first kappa shape index (κ1) is 16.8. The number of nitrogens with zero attached hydrogens (tertiary/aromatic N) is 1. The first-order chi connectivity index (χ1) is 11.1. The summed E-state index contributed by atoms with van der Waals surface area (Å²) < 4.78 is 5.47.